The topological polar surface area (TPSA) is 68.5 Å². The summed E-state index contributed by atoms with van der Waals surface area (Å²) in [5.74, 6) is 2.04. The lowest BCUT2D eigenvalue weighted by Gasteiger charge is -2.39. The zero-order chi connectivity index (χ0) is 17.0. The molecule has 1 aliphatic heterocycles. The molecule has 6 nitrogen and oxygen atoms in total. The Labute approximate surface area is 143 Å². The predicted molar refractivity (Wildman–Crippen MR) is 89.7 cm³/mol. The van der Waals surface area contributed by atoms with Gasteiger partial charge >= 0.3 is 0 Å². The monoisotopic (exact) mass is 333 g/mol. The van der Waals surface area contributed by atoms with Gasteiger partial charge in [-0.3, -0.25) is 4.79 Å². The van der Waals surface area contributed by atoms with Gasteiger partial charge in [0.25, 0.3) is 0 Å². The number of carbonyl (C=O) groups is 1. The van der Waals surface area contributed by atoms with Gasteiger partial charge in [0.05, 0.1) is 5.41 Å². The average molecular weight is 333 g/mol. The zero-order valence-electron chi connectivity index (χ0n) is 14.5. The molecule has 2 heterocycles. The second kappa shape index (κ2) is 7.47. The normalized spacial score (nSPS) is 21.1. The maximum absolute atomic E-state index is 11.8. The first-order chi connectivity index (χ1) is 11.7. The van der Waals surface area contributed by atoms with Gasteiger partial charge in [0.15, 0.2) is 5.82 Å². The van der Waals surface area contributed by atoms with Crippen LogP contribution in [0.3, 0.4) is 0 Å². The van der Waals surface area contributed by atoms with Crippen LogP contribution < -0.4 is 0 Å². The van der Waals surface area contributed by atoms with Gasteiger partial charge in [-0.1, -0.05) is 24.6 Å². The lowest BCUT2D eigenvalue weighted by Crippen LogP contribution is -2.45. The van der Waals surface area contributed by atoms with E-state index in [4.69, 9.17) is 14.2 Å². The van der Waals surface area contributed by atoms with E-state index in [1.807, 2.05) is 4.90 Å². The molecule has 0 bridgehead atoms. The third-order valence-corrected chi connectivity index (χ3v) is 5.61. The molecule has 2 aliphatic rings. The van der Waals surface area contributed by atoms with Crippen LogP contribution in [0.2, 0.25) is 0 Å². The minimum Gasteiger partial charge on any atom is -0.385 e. The highest BCUT2D eigenvalue weighted by Gasteiger charge is 2.42. The molecule has 132 valence electrons. The Bertz CT molecular complexity index is 570. The molecule has 6 heteroatoms. The first kappa shape index (κ1) is 17.1. The van der Waals surface area contributed by atoms with E-state index in [9.17, 15) is 4.79 Å². The van der Waals surface area contributed by atoms with Gasteiger partial charge in [0.1, 0.15) is 0 Å². The molecule has 1 saturated heterocycles. The summed E-state index contributed by atoms with van der Waals surface area (Å²) < 4.78 is 11.0. The van der Waals surface area contributed by atoms with Crippen LogP contribution in [0, 0.1) is 0 Å². The fourth-order valence-corrected chi connectivity index (χ4v) is 3.95. The number of aromatic nitrogens is 2. The van der Waals surface area contributed by atoms with Crippen LogP contribution in [0.15, 0.2) is 17.2 Å². The number of likely N-dealkylation sites (tertiary alicyclic amines) is 1. The van der Waals surface area contributed by atoms with Gasteiger partial charge < -0.3 is 14.2 Å². The Balaban J connectivity index is 1.76. The van der Waals surface area contributed by atoms with E-state index in [1.165, 1.54) is 18.9 Å². The molecule has 1 aromatic rings. The number of methoxy groups -OCH3 is 1. The van der Waals surface area contributed by atoms with Crippen molar-refractivity contribution in [2.45, 2.75) is 56.3 Å². The minimum absolute atomic E-state index is 0.00693. The van der Waals surface area contributed by atoms with Gasteiger partial charge in [-0.2, -0.15) is 4.98 Å². The summed E-state index contributed by atoms with van der Waals surface area (Å²) in [4.78, 5) is 18.5. The first-order valence-electron chi connectivity index (χ1n) is 8.93. The number of rotatable bonds is 6. The number of hydrogen-bond donors (Lipinski definition) is 0. The van der Waals surface area contributed by atoms with Crippen LogP contribution in [0.5, 0.6) is 0 Å². The number of piperidine rings is 1. The van der Waals surface area contributed by atoms with Crippen LogP contribution >= 0.6 is 0 Å². The van der Waals surface area contributed by atoms with Crippen molar-refractivity contribution in [3.8, 4) is 0 Å². The quantitative estimate of drug-likeness (QED) is 0.749. The molecule has 0 radical (unpaired) electrons. The molecule has 24 heavy (non-hydrogen) atoms. The Hall–Kier alpha value is -1.69. The van der Waals surface area contributed by atoms with E-state index in [-0.39, 0.29) is 11.3 Å². The van der Waals surface area contributed by atoms with E-state index in [0.717, 1.165) is 43.8 Å². The molecule has 1 aliphatic carbocycles. The summed E-state index contributed by atoms with van der Waals surface area (Å²) in [7, 11) is 1.71. The van der Waals surface area contributed by atoms with Crippen LogP contribution in [0.25, 0.3) is 0 Å². The van der Waals surface area contributed by atoms with Gasteiger partial charge in [-0.15, -0.1) is 0 Å². The predicted octanol–water partition coefficient (Wildman–Crippen LogP) is 2.81. The summed E-state index contributed by atoms with van der Waals surface area (Å²) in [6.07, 6.45) is 8.69. The average Bonchev–Trinajstić information content (AvgIpc) is 3.30. The van der Waals surface area contributed by atoms with Gasteiger partial charge in [-0.25, -0.2) is 0 Å². The van der Waals surface area contributed by atoms with Crippen molar-refractivity contribution >= 4 is 5.91 Å². The van der Waals surface area contributed by atoms with Crippen molar-refractivity contribution < 1.29 is 14.1 Å². The third kappa shape index (κ3) is 3.38. The summed E-state index contributed by atoms with van der Waals surface area (Å²) >= 11 is 0. The maximum Gasteiger partial charge on any atom is 0.245 e. The highest BCUT2D eigenvalue weighted by atomic mass is 16.5. The second-order valence-electron chi connectivity index (χ2n) is 6.99. The minimum atomic E-state index is -0.183. The molecule has 1 aromatic heterocycles. The second-order valence-corrected chi connectivity index (χ2v) is 6.99. The van der Waals surface area contributed by atoms with Crippen molar-refractivity contribution in [1.82, 2.24) is 15.0 Å². The van der Waals surface area contributed by atoms with Crippen LogP contribution in [-0.4, -0.2) is 47.8 Å². The number of hydrogen-bond acceptors (Lipinski definition) is 5. The molecular weight excluding hydrogens is 306 g/mol. The largest absolute Gasteiger partial charge is 0.385 e. The standard InChI is InChI=1S/C18H27N3O3/c1-3-15(22)21-11-8-18(9-12-21,10-13-23-2)17-19-16(20-24-17)14-6-4-5-7-14/h3,14H,1,4-13H2,2H3. The van der Waals surface area contributed by atoms with E-state index >= 15 is 0 Å². The molecular formula is C18H27N3O3. The van der Waals surface area contributed by atoms with Crippen LogP contribution in [0.4, 0.5) is 0 Å². The van der Waals surface area contributed by atoms with Crippen molar-refractivity contribution in [2.24, 2.45) is 0 Å². The fourth-order valence-electron chi connectivity index (χ4n) is 3.95. The highest BCUT2D eigenvalue weighted by Crippen LogP contribution is 2.40. The molecule has 2 fully saturated rings. The van der Waals surface area contributed by atoms with Crippen molar-refractivity contribution in [2.75, 3.05) is 26.8 Å². The van der Waals surface area contributed by atoms with Gasteiger partial charge in [0.2, 0.25) is 11.8 Å². The molecule has 1 saturated carbocycles. The molecule has 0 N–H and O–H groups in total. The smallest absolute Gasteiger partial charge is 0.245 e. The third-order valence-electron chi connectivity index (χ3n) is 5.61. The Kier molecular flexibility index (Phi) is 5.33. The van der Waals surface area contributed by atoms with E-state index in [1.54, 1.807) is 7.11 Å². The first-order valence-corrected chi connectivity index (χ1v) is 8.93. The number of ether oxygens (including phenoxy) is 1. The highest BCUT2D eigenvalue weighted by molar-refractivity contribution is 5.87. The summed E-state index contributed by atoms with van der Waals surface area (Å²) in [5.41, 5.74) is -0.183. The SMILES string of the molecule is C=CC(=O)N1CCC(CCOC)(c2nc(C3CCCC3)no2)CC1. The zero-order valence-corrected chi connectivity index (χ0v) is 14.5. The Morgan fingerprint density at radius 3 is 2.75 bits per heavy atom. The van der Waals surface area contributed by atoms with Crippen molar-refractivity contribution in [3.63, 3.8) is 0 Å². The molecule has 0 spiro atoms. The van der Waals surface area contributed by atoms with Gasteiger partial charge in [0, 0.05) is 32.7 Å². The number of nitrogens with zero attached hydrogens (tertiary/aromatic N) is 3. The number of amides is 1. The van der Waals surface area contributed by atoms with E-state index in [2.05, 4.69) is 11.7 Å². The Morgan fingerprint density at radius 2 is 2.12 bits per heavy atom. The lowest BCUT2D eigenvalue weighted by atomic mass is 9.75. The molecule has 0 unspecified atom stereocenters. The van der Waals surface area contributed by atoms with Crippen molar-refractivity contribution in [1.29, 1.82) is 0 Å². The summed E-state index contributed by atoms with van der Waals surface area (Å²) in [6.45, 7) is 5.60. The van der Waals surface area contributed by atoms with E-state index < -0.39 is 0 Å². The Morgan fingerprint density at radius 1 is 1.42 bits per heavy atom. The summed E-state index contributed by atoms with van der Waals surface area (Å²) in [6, 6.07) is 0. The van der Waals surface area contributed by atoms with Crippen LogP contribution in [-0.2, 0) is 14.9 Å². The molecule has 0 atom stereocenters. The molecule has 0 aromatic carbocycles. The lowest BCUT2D eigenvalue weighted by molar-refractivity contribution is -0.127. The van der Waals surface area contributed by atoms with Crippen LogP contribution in [0.1, 0.15) is 62.6 Å². The van der Waals surface area contributed by atoms with Gasteiger partial charge in [-0.05, 0) is 38.2 Å². The fraction of sp³-hybridized carbons (Fsp3) is 0.722. The van der Waals surface area contributed by atoms with E-state index in [0.29, 0.717) is 25.6 Å². The van der Waals surface area contributed by atoms with Crippen molar-refractivity contribution in [3.05, 3.63) is 24.4 Å². The summed E-state index contributed by atoms with van der Waals surface area (Å²) in [5, 5.41) is 4.27. The number of carbonyl (C=O) groups excluding carboxylic acids is 1. The molecule has 3 rings (SSSR count). The molecule has 1 amide bonds. The maximum atomic E-state index is 11.8.